The molecule has 0 aromatic carbocycles. The largest absolute Gasteiger partial charge is 0.433 e. The Morgan fingerprint density at radius 1 is 1.43 bits per heavy atom. The Kier molecular flexibility index (Phi) is 4.12. The molecule has 9 heteroatoms. The number of nitrogens with zero attached hydrogens (tertiary/aromatic N) is 5. The fraction of sp³-hybridized carbons (Fsp3) is 0.250. The molecule has 2 rings (SSSR count). The summed E-state index contributed by atoms with van der Waals surface area (Å²) in [6.07, 6.45) is 1.58. The minimum absolute atomic E-state index is 0.298. The smallest absolute Gasteiger partial charge is 0.399 e. The van der Waals surface area contributed by atoms with Crippen LogP contribution in [-0.4, -0.2) is 40.2 Å². The molecule has 110 valence electrons. The van der Waals surface area contributed by atoms with Crippen molar-refractivity contribution in [2.45, 2.75) is 6.92 Å². The van der Waals surface area contributed by atoms with E-state index in [9.17, 15) is 10.1 Å². The molecule has 0 fully saturated rings. The van der Waals surface area contributed by atoms with Gasteiger partial charge in [-0.15, -0.1) is 0 Å². The van der Waals surface area contributed by atoms with Crippen molar-refractivity contribution >= 4 is 18.0 Å². The van der Waals surface area contributed by atoms with Crippen LogP contribution in [0.5, 0.6) is 0 Å². The Morgan fingerprint density at radius 3 is 2.81 bits per heavy atom. The summed E-state index contributed by atoms with van der Waals surface area (Å²) in [6.45, 7) is 1.71. The first-order valence-electron chi connectivity index (χ1n) is 6.01. The molecule has 1 N–H and O–H groups in total. The van der Waals surface area contributed by atoms with E-state index in [-0.39, 0.29) is 5.88 Å². The number of rotatable bonds is 5. The number of anilines is 1. The van der Waals surface area contributed by atoms with E-state index in [1.807, 2.05) is 14.1 Å². The average molecular weight is 290 g/mol. The molecule has 9 nitrogen and oxygen atoms in total. The van der Waals surface area contributed by atoms with Crippen molar-refractivity contribution in [3.8, 4) is 11.5 Å². The van der Waals surface area contributed by atoms with Crippen molar-refractivity contribution in [2.75, 3.05) is 19.5 Å². The van der Waals surface area contributed by atoms with Crippen LogP contribution >= 0.6 is 0 Å². The van der Waals surface area contributed by atoms with Gasteiger partial charge < -0.3 is 9.32 Å². The molecule has 0 amide bonds. The lowest BCUT2D eigenvalue weighted by molar-refractivity contribution is -0.401. The van der Waals surface area contributed by atoms with Crippen LogP contribution in [0.1, 0.15) is 5.82 Å². The Morgan fingerprint density at radius 2 is 2.19 bits per heavy atom. The van der Waals surface area contributed by atoms with Gasteiger partial charge in [0.15, 0.2) is 11.6 Å². The number of nitrogens with one attached hydrogen (secondary N) is 1. The van der Waals surface area contributed by atoms with Crippen molar-refractivity contribution in [2.24, 2.45) is 5.10 Å². The average Bonchev–Trinajstić information content (AvgIpc) is 2.87. The number of hydrogen-bond acceptors (Lipinski definition) is 7. The Hall–Kier alpha value is -2.97. The van der Waals surface area contributed by atoms with Crippen LogP contribution in [0.15, 0.2) is 27.7 Å². The van der Waals surface area contributed by atoms with Gasteiger partial charge >= 0.3 is 5.88 Å². The predicted octanol–water partition coefficient (Wildman–Crippen LogP) is 1.87. The molecule has 0 unspecified atom stereocenters. The molecule has 0 aliphatic heterocycles. The highest BCUT2D eigenvalue weighted by Gasteiger charge is 2.15. The van der Waals surface area contributed by atoms with Crippen LogP contribution in [0.4, 0.5) is 11.7 Å². The summed E-state index contributed by atoms with van der Waals surface area (Å²) in [5.74, 6) is 0.928. The second-order valence-electron chi connectivity index (χ2n) is 4.40. The van der Waals surface area contributed by atoms with E-state index in [0.717, 1.165) is 0 Å². The van der Waals surface area contributed by atoms with Gasteiger partial charge in [-0.25, -0.2) is 9.97 Å². The van der Waals surface area contributed by atoms with Gasteiger partial charge in [0.2, 0.25) is 0 Å². The normalized spacial score (nSPS) is 10.8. The van der Waals surface area contributed by atoms with E-state index in [2.05, 4.69) is 20.5 Å². The molecule has 21 heavy (non-hydrogen) atoms. The molecular formula is C12H14N6O3. The van der Waals surface area contributed by atoms with Crippen LogP contribution in [-0.2, 0) is 0 Å². The summed E-state index contributed by atoms with van der Waals surface area (Å²) < 4.78 is 5.12. The highest BCUT2D eigenvalue weighted by Crippen LogP contribution is 2.25. The van der Waals surface area contributed by atoms with Crippen LogP contribution < -0.4 is 5.43 Å². The lowest BCUT2D eigenvalue weighted by Gasteiger charge is -2.05. The van der Waals surface area contributed by atoms with E-state index in [4.69, 9.17) is 4.42 Å². The van der Waals surface area contributed by atoms with Crippen LogP contribution in [0.25, 0.3) is 11.5 Å². The molecule has 0 bridgehead atoms. The number of aryl methyl sites for hydroxylation is 1. The summed E-state index contributed by atoms with van der Waals surface area (Å²) in [4.78, 5) is 20.1. The highest BCUT2D eigenvalue weighted by atomic mass is 16.6. The second-order valence-corrected chi connectivity index (χ2v) is 4.40. The van der Waals surface area contributed by atoms with E-state index in [1.54, 1.807) is 24.2 Å². The molecule has 0 spiro atoms. The zero-order valence-corrected chi connectivity index (χ0v) is 11.8. The third kappa shape index (κ3) is 3.75. The van der Waals surface area contributed by atoms with Gasteiger partial charge in [-0.05, 0) is 13.0 Å². The van der Waals surface area contributed by atoms with Gasteiger partial charge in [0.05, 0.1) is 6.07 Å². The summed E-state index contributed by atoms with van der Waals surface area (Å²) in [5, 5.41) is 14.6. The standard InChI is InChI=1S/C12H14N6O3/c1-8-14-9(10-4-5-12(21-10)18(19)20)6-11(15-8)16-13-7-17(2)3/h4-7H,1-3H3,(H,14,15,16)/b13-7+. The maximum Gasteiger partial charge on any atom is 0.433 e. The summed E-state index contributed by atoms with van der Waals surface area (Å²) >= 11 is 0. The first kappa shape index (κ1) is 14.4. The Labute approximate surface area is 120 Å². The molecule has 0 aliphatic rings. The van der Waals surface area contributed by atoms with Gasteiger partial charge in [-0.1, -0.05) is 0 Å². The highest BCUT2D eigenvalue weighted by molar-refractivity contribution is 5.60. The van der Waals surface area contributed by atoms with Crippen molar-refractivity contribution in [1.82, 2.24) is 14.9 Å². The molecular weight excluding hydrogens is 276 g/mol. The quantitative estimate of drug-likeness (QED) is 0.387. The van der Waals surface area contributed by atoms with Gasteiger partial charge in [-0.3, -0.25) is 15.5 Å². The Balaban J connectivity index is 2.27. The monoisotopic (exact) mass is 290 g/mol. The van der Waals surface area contributed by atoms with Crippen molar-refractivity contribution in [3.63, 3.8) is 0 Å². The lowest BCUT2D eigenvalue weighted by atomic mass is 10.3. The van der Waals surface area contributed by atoms with Gasteiger partial charge in [-0.2, -0.15) is 5.10 Å². The van der Waals surface area contributed by atoms with E-state index in [0.29, 0.717) is 23.1 Å². The first-order valence-corrected chi connectivity index (χ1v) is 6.01. The number of aromatic nitrogens is 2. The zero-order chi connectivity index (χ0) is 15.4. The minimum Gasteiger partial charge on any atom is -0.399 e. The molecule has 2 aromatic rings. The molecule has 2 aromatic heterocycles. The number of furan rings is 1. The van der Waals surface area contributed by atoms with E-state index in [1.165, 1.54) is 12.1 Å². The van der Waals surface area contributed by atoms with Gasteiger partial charge in [0, 0.05) is 20.2 Å². The molecule has 0 aliphatic carbocycles. The maximum atomic E-state index is 10.6. The second kappa shape index (κ2) is 5.99. The fourth-order valence-corrected chi connectivity index (χ4v) is 1.53. The van der Waals surface area contributed by atoms with Gasteiger partial charge in [0.1, 0.15) is 22.8 Å². The minimum atomic E-state index is -0.599. The maximum absolute atomic E-state index is 10.6. The SMILES string of the molecule is Cc1nc(N/N=C/N(C)C)cc(-c2ccc([N+](=O)[O-])o2)n1. The molecule has 0 saturated carbocycles. The van der Waals surface area contributed by atoms with Gasteiger partial charge in [0.25, 0.3) is 0 Å². The van der Waals surface area contributed by atoms with Crippen LogP contribution in [0.2, 0.25) is 0 Å². The van der Waals surface area contributed by atoms with Crippen LogP contribution in [0.3, 0.4) is 0 Å². The zero-order valence-electron chi connectivity index (χ0n) is 11.8. The third-order valence-electron chi connectivity index (χ3n) is 2.33. The first-order chi connectivity index (χ1) is 9.95. The number of hydrogen-bond donors (Lipinski definition) is 1. The number of nitro groups is 1. The lowest BCUT2D eigenvalue weighted by Crippen LogP contribution is -2.09. The summed E-state index contributed by atoms with van der Waals surface area (Å²) in [6, 6.07) is 4.37. The van der Waals surface area contributed by atoms with E-state index < -0.39 is 4.92 Å². The Bertz CT molecular complexity index is 679. The van der Waals surface area contributed by atoms with Crippen molar-refractivity contribution in [1.29, 1.82) is 0 Å². The van der Waals surface area contributed by atoms with Crippen molar-refractivity contribution in [3.05, 3.63) is 34.1 Å². The summed E-state index contributed by atoms with van der Waals surface area (Å²) in [5.41, 5.74) is 3.20. The third-order valence-corrected chi connectivity index (χ3v) is 2.33. The van der Waals surface area contributed by atoms with Crippen molar-refractivity contribution < 1.29 is 9.34 Å². The molecule has 0 saturated heterocycles. The predicted molar refractivity (Wildman–Crippen MR) is 76.9 cm³/mol. The fourth-order valence-electron chi connectivity index (χ4n) is 1.53. The molecule has 2 heterocycles. The van der Waals surface area contributed by atoms with Crippen LogP contribution in [0, 0.1) is 17.0 Å². The number of hydrazone groups is 1. The topological polar surface area (TPSA) is 110 Å². The summed E-state index contributed by atoms with van der Waals surface area (Å²) in [7, 11) is 3.67. The van der Waals surface area contributed by atoms with E-state index >= 15 is 0 Å². The molecule has 0 atom stereocenters. The molecule has 0 radical (unpaired) electrons.